The van der Waals surface area contributed by atoms with Crippen molar-refractivity contribution in [1.82, 2.24) is 0 Å². The molecule has 0 aliphatic carbocycles. The Hall–Kier alpha value is -4.07. The first-order valence-electron chi connectivity index (χ1n) is 9.05. The summed E-state index contributed by atoms with van der Waals surface area (Å²) in [5.74, 6) is -1.20. The zero-order valence-corrected chi connectivity index (χ0v) is 15.9. The first-order valence-corrected chi connectivity index (χ1v) is 9.05. The molecule has 4 rings (SSSR count). The van der Waals surface area contributed by atoms with Crippen LogP contribution in [0.3, 0.4) is 0 Å². The van der Waals surface area contributed by atoms with Crippen molar-refractivity contribution in [2.75, 3.05) is 18.7 Å². The minimum absolute atomic E-state index is 0.0247. The second-order valence-electron chi connectivity index (χ2n) is 6.65. The van der Waals surface area contributed by atoms with Crippen LogP contribution in [0.2, 0.25) is 0 Å². The molecule has 3 aromatic carbocycles. The Balaban J connectivity index is 1.46. The Morgan fingerprint density at radius 1 is 1.00 bits per heavy atom. The number of carbonyl (C=O) groups excluding carboxylic acids is 3. The number of ketones is 1. The van der Waals surface area contributed by atoms with Crippen LogP contribution < -0.4 is 14.8 Å². The SMILES string of the molecule is CC(=O)c1cc2c(cc1NC(=O)COC(=O)c1cc3ccccc3cc1O)OCO2. The zero-order valence-electron chi connectivity index (χ0n) is 15.9. The number of aromatic hydroxyl groups is 1. The van der Waals surface area contributed by atoms with E-state index in [-0.39, 0.29) is 35.1 Å². The lowest BCUT2D eigenvalue weighted by atomic mass is 10.1. The number of rotatable bonds is 5. The summed E-state index contributed by atoms with van der Waals surface area (Å²) in [5.41, 5.74) is 0.418. The van der Waals surface area contributed by atoms with Gasteiger partial charge in [-0.1, -0.05) is 24.3 Å². The normalized spacial score (nSPS) is 11.9. The minimum Gasteiger partial charge on any atom is -0.507 e. The standard InChI is InChI=1S/C22H17NO7/c1-12(24)15-8-19-20(30-11-29-19)9-17(15)23-21(26)10-28-22(27)16-6-13-4-2-3-5-14(13)7-18(16)25/h2-9,25H,10-11H2,1H3,(H,23,26). The number of hydrogen-bond donors (Lipinski definition) is 2. The van der Waals surface area contributed by atoms with E-state index < -0.39 is 18.5 Å². The molecule has 3 aromatic rings. The van der Waals surface area contributed by atoms with Crippen molar-refractivity contribution in [2.24, 2.45) is 0 Å². The van der Waals surface area contributed by atoms with Gasteiger partial charge in [-0.05, 0) is 35.9 Å². The van der Waals surface area contributed by atoms with E-state index >= 15 is 0 Å². The Labute approximate surface area is 171 Å². The highest BCUT2D eigenvalue weighted by Gasteiger charge is 2.21. The van der Waals surface area contributed by atoms with E-state index in [1.165, 1.54) is 31.2 Å². The van der Waals surface area contributed by atoms with Crippen LogP contribution in [0.25, 0.3) is 10.8 Å². The van der Waals surface area contributed by atoms with E-state index in [2.05, 4.69) is 5.32 Å². The number of phenols is 1. The van der Waals surface area contributed by atoms with Gasteiger partial charge in [0, 0.05) is 11.6 Å². The largest absolute Gasteiger partial charge is 0.507 e. The second kappa shape index (κ2) is 7.75. The van der Waals surface area contributed by atoms with Gasteiger partial charge < -0.3 is 24.6 Å². The lowest BCUT2D eigenvalue weighted by molar-refractivity contribution is -0.119. The number of nitrogens with one attached hydrogen (secondary N) is 1. The van der Waals surface area contributed by atoms with E-state index in [9.17, 15) is 19.5 Å². The molecule has 30 heavy (non-hydrogen) atoms. The van der Waals surface area contributed by atoms with Gasteiger partial charge in [0.15, 0.2) is 23.9 Å². The highest BCUT2D eigenvalue weighted by molar-refractivity contribution is 6.05. The number of phenolic OH excluding ortho intramolecular Hbond substituents is 1. The molecule has 0 saturated heterocycles. The number of ether oxygens (including phenoxy) is 3. The third-order valence-corrected chi connectivity index (χ3v) is 4.58. The van der Waals surface area contributed by atoms with Crippen molar-refractivity contribution in [3.05, 3.63) is 59.7 Å². The highest BCUT2D eigenvalue weighted by atomic mass is 16.7. The van der Waals surface area contributed by atoms with E-state index in [0.717, 1.165) is 10.8 Å². The van der Waals surface area contributed by atoms with Crippen LogP contribution in [0.4, 0.5) is 5.69 Å². The lowest BCUT2D eigenvalue weighted by Gasteiger charge is -2.11. The zero-order chi connectivity index (χ0) is 21.3. The van der Waals surface area contributed by atoms with Gasteiger partial charge in [-0.2, -0.15) is 0 Å². The molecule has 0 fully saturated rings. The molecule has 0 radical (unpaired) electrons. The van der Waals surface area contributed by atoms with Crippen LogP contribution in [0.1, 0.15) is 27.6 Å². The molecule has 0 atom stereocenters. The molecule has 0 aromatic heterocycles. The van der Waals surface area contributed by atoms with E-state index in [1.807, 2.05) is 6.07 Å². The van der Waals surface area contributed by atoms with Gasteiger partial charge >= 0.3 is 5.97 Å². The molecule has 1 heterocycles. The summed E-state index contributed by atoms with van der Waals surface area (Å²) in [5, 5.41) is 14.2. The van der Waals surface area contributed by atoms with Gasteiger partial charge in [-0.3, -0.25) is 9.59 Å². The maximum absolute atomic E-state index is 12.3. The fourth-order valence-electron chi connectivity index (χ4n) is 3.12. The van der Waals surface area contributed by atoms with E-state index in [0.29, 0.717) is 11.5 Å². The maximum Gasteiger partial charge on any atom is 0.342 e. The number of Topliss-reactive ketones (excluding diaryl/α,β-unsaturated/α-hetero) is 1. The van der Waals surface area contributed by atoms with Crippen LogP contribution in [-0.4, -0.2) is 36.2 Å². The number of benzene rings is 3. The monoisotopic (exact) mass is 407 g/mol. The summed E-state index contributed by atoms with van der Waals surface area (Å²) in [7, 11) is 0. The van der Waals surface area contributed by atoms with Crippen molar-refractivity contribution in [2.45, 2.75) is 6.92 Å². The fourth-order valence-corrected chi connectivity index (χ4v) is 3.12. The molecule has 0 unspecified atom stereocenters. The number of anilines is 1. The Morgan fingerprint density at radius 3 is 2.37 bits per heavy atom. The predicted octanol–water partition coefficient (Wildman–Crippen LogP) is 3.27. The molecule has 0 saturated carbocycles. The van der Waals surface area contributed by atoms with Crippen molar-refractivity contribution in [3.8, 4) is 17.2 Å². The maximum atomic E-state index is 12.3. The highest BCUT2D eigenvalue weighted by Crippen LogP contribution is 2.37. The fraction of sp³-hybridized carbons (Fsp3) is 0.136. The Kier molecular flexibility index (Phi) is 4.97. The lowest BCUT2D eigenvalue weighted by Crippen LogP contribution is -2.22. The molecule has 0 spiro atoms. The number of fused-ring (bicyclic) bond motifs is 2. The third-order valence-electron chi connectivity index (χ3n) is 4.58. The first-order chi connectivity index (χ1) is 14.4. The number of hydrogen-bond acceptors (Lipinski definition) is 7. The summed E-state index contributed by atoms with van der Waals surface area (Å²) in [6.07, 6.45) is 0. The van der Waals surface area contributed by atoms with Crippen molar-refractivity contribution >= 4 is 34.1 Å². The minimum atomic E-state index is -0.842. The summed E-state index contributed by atoms with van der Waals surface area (Å²) in [4.78, 5) is 36.5. The van der Waals surface area contributed by atoms with Gasteiger partial charge in [0.25, 0.3) is 5.91 Å². The topological polar surface area (TPSA) is 111 Å². The molecular formula is C22H17NO7. The summed E-state index contributed by atoms with van der Waals surface area (Å²) >= 11 is 0. The van der Waals surface area contributed by atoms with Crippen LogP contribution >= 0.6 is 0 Å². The molecular weight excluding hydrogens is 390 g/mol. The molecule has 1 aliphatic heterocycles. The molecule has 8 heteroatoms. The van der Waals surface area contributed by atoms with Crippen LogP contribution in [0.5, 0.6) is 17.2 Å². The molecule has 8 nitrogen and oxygen atoms in total. The average molecular weight is 407 g/mol. The van der Waals surface area contributed by atoms with E-state index in [4.69, 9.17) is 14.2 Å². The van der Waals surface area contributed by atoms with Crippen LogP contribution in [0, 0.1) is 0 Å². The molecule has 1 aliphatic rings. The van der Waals surface area contributed by atoms with Crippen molar-refractivity contribution < 1.29 is 33.7 Å². The summed E-state index contributed by atoms with van der Waals surface area (Å²) in [6, 6.07) is 13.1. The molecule has 0 bridgehead atoms. The number of carbonyl (C=O) groups is 3. The molecule has 152 valence electrons. The smallest absolute Gasteiger partial charge is 0.342 e. The predicted molar refractivity (Wildman–Crippen MR) is 107 cm³/mol. The third kappa shape index (κ3) is 3.75. The average Bonchev–Trinajstić information content (AvgIpc) is 3.18. The van der Waals surface area contributed by atoms with Gasteiger partial charge in [-0.25, -0.2) is 4.79 Å². The molecule has 2 N–H and O–H groups in total. The van der Waals surface area contributed by atoms with Gasteiger partial charge in [0.05, 0.1) is 5.69 Å². The number of esters is 1. The van der Waals surface area contributed by atoms with E-state index in [1.54, 1.807) is 18.2 Å². The number of amides is 1. The Morgan fingerprint density at radius 2 is 1.67 bits per heavy atom. The quantitative estimate of drug-likeness (QED) is 0.493. The second-order valence-corrected chi connectivity index (χ2v) is 6.65. The van der Waals surface area contributed by atoms with Gasteiger partial charge in [-0.15, -0.1) is 0 Å². The van der Waals surface area contributed by atoms with Crippen molar-refractivity contribution in [1.29, 1.82) is 0 Å². The first kappa shape index (κ1) is 19.3. The van der Waals surface area contributed by atoms with Crippen LogP contribution in [0.15, 0.2) is 48.5 Å². The van der Waals surface area contributed by atoms with Crippen molar-refractivity contribution in [3.63, 3.8) is 0 Å². The van der Waals surface area contributed by atoms with Gasteiger partial charge in [0.2, 0.25) is 6.79 Å². The Bertz CT molecular complexity index is 1190. The van der Waals surface area contributed by atoms with Crippen LogP contribution in [-0.2, 0) is 9.53 Å². The van der Waals surface area contributed by atoms with Gasteiger partial charge in [0.1, 0.15) is 11.3 Å². The molecule has 1 amide bonds. The summed E-state index contributed by atoms with van der Waals surface area (Å²) in [6.45, 7) is 0.781. The summed E-state index contributed by atoms with van der Waals surface area (Å²) < 4.78 is 15.5.